The van der Waals surface area contributed by atoms with Crippen molar-refractivity contribution in [2.75, 3.05) is 45.3 Å². The van der Waals surface area contributed by atoms with Gasteiger partial charge in [-0.05, 0) is 55.4 Å². The molecule has 3 rings (SSSR count). The van der Waals surface area contributed by atoms with Gasteiger partial charge in [0.2, 0.25) is 5.91 Å². The summed E-state index contributed by atoms with van der Waals surface area (Å²) in [6, 6.07) is 5.80. The predicted molar refractivity (Wildman–Crippen MR) is 122 cm³/mol. The summed E-state index contributed by atoms with van der Waals surface area (Å²) >= 11 is 0. The molecule has 1 heterocycles. The number of nitrogens with zero attached hydrogens (tertiary/aromatic N) is 1. The molecule has 1 saturated carbocycles. The minimum atomic E-state index is 0. The number of carbonyl (C=O) groups is 1. The molecule has 0 spiro atoms. The van der Waals surface area contributed by atoms with E-state index in [0.29, 0.717) is 19.6 Å². The number of amides is 1. The monoisotopic (exact) mass is 502 g/mol. The lowest BCUT2D eigenvalue weighted by Crippen LogP contribution is -2.39. The van der Waals surface area contributed by atoms with Crippen molar-refractivity contribution in [3.63, 3.8) is 0 Å². The zero-order chi connectivity index (χ0) is 18.9. The SMILES string of the molecule is CN=C(NCCCOCC1CC1)NCCOc1ccc2c(c1)CCC(=O)N2.I. The van der Waals surface area contributed by atoms with Crippen LogP contribution in [0.1, 0.15) is 31.2 Å². The Morgan fingerprint density at radius 1 is 1.21 bits per heavy atom. The van der Waals surface area contributed by atoms with Crippen molar-refractivity contribution < 1.29 is 14.3 Å². The molecule has 156 valence electrons. The van der Waals surface area contributed by atoms with Crippen LogP contribution in [0.2, 0.25) is 0 Å². The van der Waals surface area contributed by atoms with Crippen molar-refractivity contribution in [1.29, 1.82) is 0 Å². The fourth-order valence-corrected chi connectivity index (χ4v) is 2.92. The summed E-state index contributed by atoms with van der Waals surface area (Å²) in [4.78, 5) is 15.6. The van der Waals surface area contributed by atoms with E-state index >= 15 is 0 Å². The number of guanidine groups is 1. The fourth-order valence-electron chi connectivity index (χ4n) is 2.92. The number of halogens is 1. The highest BCUT2D eigenvalue weighted by atomic mass is 127. The number of benzene rings is 1. The number of aryl methyl sites for hydroxylation is 1. The van der Waals surface area contributed by atoms with Crippen LogP contribution >= 0.6 is 24.0 Å². The Labute approximate surface area is 184 Å². The molecule has 1 aliphatic heterocycles. The number of carbonyl (C=O) groups excluding carboxylic acids is 1. The van der Waals surface area contributed by atoms with Gasteiger partial charge in [0.25, 0.3) is 0 Å². The van der Waals surface area contributed by atoms with E-state index in [1.807, 2.05) is 18.2 Å². The fraction of sp³-hybridized carbons (Fsp3) is 0.600. The van der Waals surface area contributed by atoms with Gasteiger partial charge >= 0.3 is 0 Å². The van der Waals surface area contributed by atoms with Crippen LogP contribution < -0.4 is 20.7 Å². The third-order valence-corrected chi connectivity index (χ3v) is 4.67. The van der Waals surface area contributed by atoms with Gasteiger partial charge in [-0.3, -0.25) is 9.79 Å². The van der Waals surface area contributed by atoms with Crippen molar-refractivity contribution in [2.24, 2.45) is 10.9 Å². The lowest BCUT2D eigenvalue weighted by molar-refractivity contribution is -0.116. The molecule has 1 amide bonds. The molecule has 28 heavy (non-hydrogen) atoms. The van der Waals surface area contributed by atoms with E-state index in [4.69, 9.17) is 9.47 Å². The molecule has 0 aromatic heterocycles. The second kappa shape index (κ2) is 12.1. The second-order valence-corrected chi connectivity index (χ2v) is 7.01. The first-order valence-electron chi connectivity index (χ1n) is 9.82. The van der Waals surface area contributed by atoms with E-state index in [0.717, 1.165) is 61.5 Å². The van der Waals surface area contributed by atoms with Crippen LogP contribution in [0, 0.1) is 5.92 Å². The van der Waals surface area contributed by atoms with Crippen LogP contribution in [0.15, 0.2) is 23.2 Å². The molecule has 3 N–H and O–H groups in total. The van der Waals surface area contributed by atoms with Crippen molar-refractivity contribution in [3.05, 3.63) is 23.8 Å². The molecule has 0 bridgehead atoms. The van der Waals surface area contributed by atoms with Gasteiger partial charge in [0.1, 0.15) is 12.4 Å². The van der Waals surface area contributed by atoms with Crippen LogP contribution in [0.3, 0.4) is 0 Å². The largest absolute Gasteiger partial charge is 0.492 e. The molecular weight excluding hydrogens is 471 g/mol. The van der Waals surface area contributed by atoms with Gasteiger partial charge < -0.3 is 25.4 Å². The molecule has 1 fully saturated rings. The van der Waals surface area contributed by atoms with E-state index in [1.165, 1.54) is 12.8 Å². The average molecular weight is 502 g/mol. The van der Waals surface area contributed by atoms with Gasteiger partial charge in [0.15, 0.2) is 5.96 Å². The number of anilines is 1. The summed E-state index contributed by atoms with van der Waals surface area (Å²) in [7, 11) is 1.76. The smallest absolute Gasteiger partial charge is 0.224 e. The van der Waals surface area contributed by atoms with Crippen molar-refractivity contribution >= 4 is 41.5 Å². The Balaban J connectivity index is 0.00000280. The van der Waals surface area contributed by atoms with Gasteiger partial charge in [-0.1, -0.05) is 0 Å². The molecule has 0 unspecified atom stereocenters. The van der Waals surface area contributed by atoms with Gasteiger partial charge in [-0.2, -0.15) is 0 Å². The predicted octanol–water partition coefficient (Wildman–Crippen LogP) is 2.55. The molecule has 8 heteroatoms. The highest BCUT2D eigenvalue weighted by Crippen LogP contribution is 2.28. The summed E-state index contributed by atoms with van der Waals surface area (Å²) in [5, 5.41) is 9.40. The topological polar surface area (TPSA) is 84.0 Å². The van der Waals surface area contributed by atoms with E-state index in [1.54, 1.807) is 7.05 Å². The van der Waals surface area contributed by atoms with Gasteiger partial charge in [-0.25, -0.2) is 0 Å². The van der Waals surface area contributed by atoms with Gasteiger partial charge in [0, 0.05) is 38.9 Å². The zero-order valence-corrected chi connectivity index (χ0v) is 18.8. The summed E-state index contributed by atoms with van der Waals surface area (Å²) in [6.45, 7) is 3.74. The van der Waals surface area contributed by atoms with Crippen LogP contribution in [0.5, 0.6) is 5.75 Å². The molecular formula is C20H31IN4O3. The zero-order valence-electron chi connectivity index (χ0n) is 16.5. The maximum atomic E-state index is 11.4. The first-order valence-corrected chi connectivity index (χ1v) is 9.82. The lowest BCUT2D eigenvalue weighted by atomic mass is 10.0. The van der Waals surface area contributed by atoms with Gasteiger partial charge in [0.05, 0.1) is 6.54 Å². The van der Waals surface area contributed by atoms with Gasteiger partial charge in [-0.15, -0.1) is 24.0 Å². The lowest BCUT2D eigenvalue weighted by Gasteiger charge is -2.18. The number of fused-ring (bicyclic) bond motifs is 1. The Bertz CT molecular complexity index is 665. The van der Waals surface area contributed by atoms with E-state index in [9.17, 15) is 4.79 Å². The van der Waals surface area contributed by atoms with Crippen LogP contribution in [0.4, 0.5) is 5.69 Å². The molecule has 1 aliphatic carbocycles. The molecule has 0 saturated heterocycles. The summed E-state index contributed by atoms with van der Waals surface area (Å²) in [5.74, 6) is 2.49. The average Bonchev–Trinajstić information content (AvgIpc) is 3.50. The maximum Gasteiger partial charge on any atom is 0.224 e. The summed E-state index contributed by atoms with van der Waals surface area (Å²) in [6.07, 6.45) is 4.93. The molecule has 1 aromatic carbocycles. The standard InChI is InChI=1S/C20H30N4O3.HI/c1-21-20(22-9-2-11-26-14-15-3-4-15)23-10-12-27-17-6-7-18-16(13-17)5-8-19(25)24-18;/h6-7,13,15H,2-5,8-12,14H2,1H3,(H,24,25)(H2,21,22,23);1H. The molecule has 2 aliphatic rings. The summed E-state index contributed by atoms with van der Waals surface area (Å²) < 4.78 is 11.4. The van der Waals surface area contributed by atoms with Crippen molar-refractivity contribution in [3.8, 4) is 5.75 Å². The van der Waals surface area contributed by atoms with Crippen LogP contribution in [-0.4, -0.2) is 51.8 Å². The normalized spacial score (nSPS) is 15.9. The Kier molecular flexibility index (Phi) is 9.83. The molecule has 7 nitrogen and oxygen atoms in total. The highest BCUT2D eigenvalue weighted by Gasteiger charge is 2.20. The van der Waals surface area contributed by atoms with Crippen LogP contribution in [-0.2, 0) is 16.0 Å². The van der Waals surface area contributed by atoms with E-state index in [-0.39, 0.29) is 29.9 Å². The number of rotatable bonds is 10. The minimum absolute atomic E-state index is 0. The van der Waals surface area contributed by atoms with E-state index in [2.05, 4.69) is 20.9 Å². The maximum absolute atomic E-state index is 11.4. The van der Waals surface area contributed by atoms with Crippen LogP contribution in [0.25, 0.3) is 0 Å². The third kappa shape index (κ3) is 7.83. The molecule has 0 radical (unpaired) electrons. The first kappa shape index (κ1) is 22.7. The molecule has 1 aromatic rings. The Morgan fingerprint density at radius 3 is 2.82 bits per heavy atom. The Hall–Kier alpha value is -1.55. The summed E-state index contributed by atoms with van der Waals surface area (Å²) in [5.41, 5.74) is 2.02. The van der Waals surface area contributed by atoms with Crippen molar-refractivity contribution in [1.82, 2.24) is 10.6 Å². The number of hydrogen-bond acceptors (Lipinski definition) is 4. The Morgan fingerprint density at radius 2 is 2.04 bits per heavy atom. The number of ether oxygens (including phenoxy) is 2. The quantitative estimate of drug-likeness (QED) is 0.198. The number of hydrogen-bond donors (Lipinski definition) is 3. The highest BCUT2D eigenvalue weighted by molar-refractivity contribution is 14.0. The minimum Gasteiger partial charge on any atom is -0.492 e. The number of aliphatic imine (C=N–C) groups is 1. The molecule has 0 atom stereocenters. The van der Waals surface area contributed by atoms with Crippen molar-refractivity contribution in [2.45, 2.75) is 32.1 Å². The van der Waals surface area contributed by atoms with E-state index < -0.39 is 0 Å². The third-order valence-electron chi connectivity index (χ3n) is 4.67. The first-order chi connectivity index (χ1) is 13.2. The number of nitrogens with one attached hydrogen (secondary N) is 3. The second-order valence-electron chi connectivity index (χ2n) is 7.01.